The maximum Gasteiger partial charge on any atom is 0.305 e. The minimum Gasteiger partial charge on any atom is -0.466 e. The van der Waals surface area contributed by atoms with Crippen LogP contribution in [0.25, 0.3) is 0 Å². The summed E-state index contributed by atoms with van der Waals surface area (Å²) < 4.78 is 5.20. The van der Waals surface area contributed by atoms with Crippen LogP contribution in [0.5, 0.6) is 0 Å². The van der Waals surface area contributed by atoms with Gasteiger partial charge in [0.15, 0.2) is 0 Å². The van der Waals surface area contributed by atoms with Gasteiger partial charge in [-0.1, -0.05) is 84.9 Å². The molecule has 3 heteroatoms. The molecule has 0 spiro atoms. The van der Waals surface area contributed by atoms with Gasteiger partial charge in [-0.15, -0.1) is 0 Å². The molecule has 0 aliphatic carbocycles. The molecule has 2 nitrogen and oxygen atoms in total. The molecule has 0 saturated heterocycles. The van der Waals surface area contributed by atoms with Gasteiger partial charge in [0.1, 0.15) is 0 Å². The van der Waals surface area contributed by atoms with Crippen LogP contribution in [0, 0.1) is 0 Å². The third-order valence-electron chi connectivity index (χ3n) is 3.35. The van der Waals surface area contributed by atoms with Crippen LogP contribution >= 0.6 is 0 Å². The van der Waals surface area contributed by atoms with Gasteiger partial charge in [0.25, 0.3) is 0 Å². The van der Waals surface area contributed by atoms with Gasteiger partial charge in [-0.25, -0.2) is 0 Å². The van der Waals surface area contributed by atoms with E-state index < -0.39 is 0 Å². The Kier molecular flexibility index (Phi) is 23.7. The number of ether oxygens (including phenoxy) is 1. The second-order valence-electron chi connectivity index (χ2n) is 5.29. The van der Waals surface area contributed by atoms with E-state index in [1.165, 1.54) is 44.9 Å². The first-order chi connectivity index (χ1) is 10.3. The van der Waals surface area contributed by atoms with Gasteiger partial charge in [0.05, 0.1) is 14.5 Å². The van der Waals surface area contributed by atoms with Crippen LogP contribution in [0.3, 0.4) is 0 Å². The van der Waals surface area contributed by atoms with Gasteiger partial charge < -0.3 is 4.74 Å². The molecule has 0 aliphatic rings. The van der Waals surface area contributed by atoms with E-state index in [0.717, 1.165) is 25.7 Å². The average Bonchev–Trinajstić information content (AvgIpc) is 2.52. The minimum absolute atomic E-state index is 0.0417. The van der Waals surface area contributed by atoms with Crippen LogP contribution in [0.2, 0.25) is 6.32 Å². The maximum absolute atomic E-state index is 11.4. The zero-order valence-electron chi connectivity index (χ0n) is 14.8. The molecule has 0 atom stereocenters. The second kappa shape index (κ2) is 21.8. The number of carbonyl (C=O) groups excluding carboxylic acids is 1. The molecule has 0 heterocycles. The zero-order chi connectivity index (χ0) is 16.2. The van der Waals surface area contributed by atoms with Crippen molar-refractivity contribution >= 4 is 13.8 Å². The van der Waals surface area contributed by atoms with Crippen LogP contribution in [-0.4, -0.2) is 20.4 Å². The third-order valence-corrected chi connectivity index (χ3v) is 3.35. The topological polar surface area (TPSA) is 26.3 Å². The summed E-state index contributed by atoms with van der Waals surface area (Å²) in [5.41, 5.74) is 0. The number of esters is 1. The molecule has 0 aromatic carbocycles. The first-order valence-corrected chi connectivity index (χ1v) is 9.17. The van der Waals surface area contributed by atoms with E-state index in [9.17, 15) is 4.79 Å². The highest BCUT2D eigenvalue weighted by molar-refractivity contribution is 6.08. The predicted octanol–water partition coefficient (Wildman–Crippen LogP) is 5.84. The summed E-state index contributed by atoms with van der Waals surface area (Å²) in [7, 11) is 5.39. The molecule has 0 fully saturated rings. The molecule has 0 aromatic rings. The summed E-state index contributed by atoms with van der Waals surface area (Å²) in [6.45, 7) is 6.84. The second-order valence-corrected chi connectivity index (χ2v) is 5.29. The van der Waals surface area contributed by atoms with Crippen molar-refractivity contribution in [2.24, 2.45) is 0 Å². The molecule has 0 aromatic heterocycles. The lowest BCUT2D eigenvalue weighted by Crippen LogP contribution is -2.05. The van der Waals surface area contributed by atoms with Crippen LogP contribution in [0.1, 0.15) is 97.8 Å². The quantitative estimate of drug-likeness (QED) is 0.228. The van der Waals surface area contributed by atoms with Gasteiger partial charge in [-0.3, -0.25) is 4.79 Å². The lowest BCUT2D eigenvalue weighted by Gasteiger charge is -2.05. The smallest absolute Gasteiger partial charge is 0.305 e. The normalized spacial score (nSPS) is 9.86. The van der Waals surface area contributed by atoms with Crippen molar-refractivity contribution in [3.8, 4) is 0 Å². The average molecular weight is 296 g/mol. The van der Waals surface area contributed by atoms with E-state index in [0.29, 0.717) is 19.3 Å². The first kappa shape index (κ1) is 22.8. The highest BCUT2D eigenvalue weighted by atomic mass is 16.5. The molecule has 0 bridgehead atoms. The van der Waals surface area contributed by atoms with Crippen molar-refractivity contribution in [1.82, 2.24) is 0 Å². The lowest BCUT2D eigenvalue weighted by molar-refractivity contribution is -0.143. The Morgan fingerprint density at radius 1 is 0.810 bits per heavy atom. The Hall–Kier alpha value is -0.465. The Balaban J connectivity index is 0. The van der Waals surface area contributed by atoms with Crippen molar-refractivity contribution in [1.29, 1.82) is 0 Å². The van der Waals surface area contributed by atoms with Crippen molar-refractivity contribution in [3.63, 3.8) is 0 Å². The van der Waals surface area contributed by atoms with Gasteiger partial charge in [-0.05, 0) is 12.8 Å². The van der Waals surface area contributed by atoms with Gasteiger partial charge in [-0.2, -0.15) is 0 Å². The molecule has 21 heavy (non-hydrogen) atoms. The molecule has 0 saturated carbocycles. The molecular weight excluding hydrogens is 259 g/mol. The lowest BCUT2D eigenvalue weighted by atomic mass is 9.99. The Morgan fingerprint density at radius 3 is 1.90 bits per heavy atom. The zero-order valence-corrected chi connectivity index (χ0v) is 14.8. The number of rotatable bonds is 14. The fourth-order valence-electron chi connectivity index (χ4n) is 2.08. The number of hydrogen-bond donors (Lipinski definition) is 0. The summed E-state index contributed by atoms with van der Waals surface area (Å²) in [5.74, 6) is -0.0417. The monoisotopic (exact) mass is 296 g/mol. The summed E-state index contributed by atoms with van der Waals surface area (Å²) in [6, 6.07) is 0. The Bertz CT molecular complexity index is 196. The minimum atomic E-state index is -0.0417. The van der Waals surface area contributed by atoms with E-state index >= 15 is 0 Å². The fourth-order valence-corrected chi connectivity index (χ4v) is 2.08. The number of unbranched alkanes of at least 4 members (excludes halogenated alkanes) is 9. The summed E-state index contributed by atoms with van der Waals surface area (Å²) in [5, 5.41) is 0. The molecule has 0 unspecified atom stereocenters. The van der Waals surface area contributed by atoms with Crippen molar-refractivity contribution in [2.45, 2.75) is 104 Å². The third kappa shape index (κ3) is 22.0. The van der Waals surface area contributed by atoms with E-state index in [1.54, 1.807) is 0 Å². The van der Waals surface area contributed by atoms with E-state index in [4.69, 9.17) is 12.6 Å². The van der Waals surface area contributed by atoms with Gasteiger partial charge in [0.2, 0.25) is 0 Å². The number of hydrogen-bond acceptors (Lipinski definition) is 2. The summed E-state index contributed by atoms with van der Waals surface area (Å²) >= 11 is 0. The van der Waals surface area contributed by atoms with Crippen molar-refractivity contribution < 1.29 is 9.53 Å². The molecule has 2 radical (unpaired) electrons. The molecule has 124 valence electrons. The maximum atomic E-state index is 11.4. The summed E-state index contributed by atoms with van der Waals surface area (Å²) in [6.07, 6.45) is 14.4. The highest BCUT2D eigenvalue weighted by Crippen LogP contribution is 2.09. The SMILES string of the molecule is CC.[B]CCCCCC(=O)OCCCCCCCCCC. The Labute approximate surface area is 134 Å². The predicted molar refractivity (Wildman–Crippen MR) is 93.9 cm³/mol. The van der Waals surface area contributed by atoms with Crippen LogP contribution < -0.4 is 0 Å². The van der Waals surface area contributed by atoms with Crippen molar-refractivity contribution in [3.05, 3.63) is 0 Å². The largest absolute Gasteiger partial charge is 0.466 e. The molecule has 0 amide bonds. The molecule has 0 N–H and O–H groups in total. The van der Waals surface area contributed by atoms with Gasteiger partial charge >= 0.3 is 5.97 Å². The van der Waals surface area contributed by atoms with Gasteiger partial charge in [0, 0.05) is 6.42 Å². The molecule has 0 aliphatic heterocycles. The standard InChI is InChI=1S/C16H31BO2.C2H6/c1-2-3-4-5-6-7-8-12-15-19-16(18)13-10-9-11-14-17;1-2/h2-15H2,1H3;1-2H3. The fraction of sp³-hybridized carbons (Fsp3) is 0.944. The van der Waals surface area contributed by atoms with E-state index in [2.05, 4.69) is 6.92 Å². The van der Waals surface area contributed by atoms with E-state index in [-0.39, 0.29) is 5.97 Å². The van der Waals surface area contributed by atoms with Crippen molar-refractivity contribution in [2.75, 3.05) is 6.61 Å². The molecule has 0 rings (SSSR count). The van der Waals surface area contributed by atoms with Crippen LogP contribution in [0.15, 0.2) is 0 Å². The number of carbonyl (C=O) groups is 1. The van der Waals surface area contributed by atoms with E-state index in [1.807, 2.05) is 13.8 Å². The highest BCUT2D eigenvalue weighted by Gasteiger charge is 2.01. The summed E-state index contributed by atoms with van der Waals surface area (Å²) in [4.78, 5) is 11.4. The first-order valence-electron chi connectivity index (χ1n) is 9.17. The molecular formula is C18H37BO2. The van der Waals surface area contributed by atoms with Crippen LogP contribution in [-0.2, 0) is 9.53 Å². The Morgan fingerprint density at radius 2 is 1.33 bits per heavy atom. The van der Waals surface area contributed by atoms with Crippen LogP contribution in [0.4, 0.5) is 0 Å².